The van der Waals surface area contributed by atoms with Crippen molar-refractivity contribution in [2.45, 2.75) is 46.2 Å². The molecule has 2 atom stereocenters. The molecule has 0 saturated carbocycles. The molecule has 33 heavy (non-hydrogen) atoms. The van der Waals surface area contributed by atoms with E-state index in [2.05, 4.69) is 10.2 Å². The maximum atomic E-state index is 13.2. The fourth-order valence-corrected chi connectivity index (χ4v) is 4.75. The van der Waals surface area contributed by atoms with Crippen LogP contribution < -0.4 is 5.32 Å². The lowest BCUT2D eigenvalue weighted by Crippen LogP contribution is -2.56. The lowest BCUT2D eigenvalue weighted by atomic mass is 9.94. The van der Waals surface area contributed by atoms with Crippen molar-refractivity contribution in [2.75, 3.05) is 39.3 Å². The Morgan fingerprint density at radius 2 is 1.97 bits per heavy atom. The Kier molecular flexibility index (Phi) is 8.37. The summed E-state index contributed by atoms with van der Waals surface area (Å²) < 4.78 is 5.42. The largest absolute Gasteiger partial charge is 0.463 e. The predicted molar refractivity (Wildman–Crippen MR) is 127 cm³/mol. The summed E-state index contributed by atoms with van der Waals surface area (Å²) in [6.45, 7) is 10.5. The molecule has 2 heterocycles. The molecule has 3 amide bonds. The van der Waals surface area contributed by atoms with Crippen LogP contribution in [0.2, 0.25) is 5.02 Å². The van der Waals surface area contributed by atoms with Gasteiger partial charge in [0.15, 0.2) is 0 Å². The minimum absolute atomic E-state index is 0.0501. The number of ether oxygens (including phenoxy) is 1. The Morgan fingerprint density at radius 1 is 1.21 bits per heavy atom. The van der Waals surface area contributed by atoms with Crippen molar-refractivity contribution in [3.05, 3.63) is 46.1 Å². The van der Waals surface area contributed by atoms with Gasteiger partial charge in [0.05, 0.1) is 18.2 Å². The molecule has 1 aromatic carbocycles. The summed E-state index contributed by atoms with van der Waals surface area (Å²) >= 11 is 6.21. The zero-order valence-electron chi connectivity index (χ0n) is 19.8. The van der Waals surface area contributed by atoms with Gasteiger partial charge < -0.3 is 15.0 Å². The number of hydrogen-bond acceptors (Lipinski definition) is 5. The molecule has 2 aliphatic heterocycles. The average molecular weight is 477 g/mol. The summed E-state index contributed by atoms with van der Waals surface area (Å²) in [5, 5.41) is 3.48. The van der Waals surface area contributed by atoms with Crippen LogP contribution in [0.3, 0.4) is 0 Å². The quantitative estimate of drug-likeness (QED) is 0.611. The molecule has 9 heteroatoms. The van der Waals surface area contributed by atoms with Gasteiger partial charge in [0.2, 0.25) is 5.91 Å². The van der Waals surface area contributed by atoms with Gasteiger partial charge in [-0.15, -0.1) is 0 Å². The van der Waals surface area contributed by atoms with Crippen LogP contribution in [0.1, 0.15) is 45.7 Å². The summed E-state index contributed by atoms with van der Waals surface area (Å²) in [4.78, 5) is 44.1. The molecule has 0 bridgehead atoms. The van der Waals surface area contributed by atoms with Crippen LogP contribution >= 0.6 is 11.6 Å². The number of likely N-dealkylation sites (N-methyl/N-ethyl adjacent to an activating group) is 1. The van der Waals surface area contributed by atoms with Crippen LogP contribution in [-0.2, 0) is 14.3 Å². The molecule has 0 spiro atoms. The number of urea groups is 1. The maximum Gasteiger partial charge on any atom is 0.338 e. The molecule has 3 rings (SSSR count). The second kappa shape index (κ2) is 11.0. The van der Waals surface area contributed by atoms with E-state index < -0.39 is 12.0 Å². The van der Waals surface area contributed by atoms with E-state index in [0.717, 1.165) is 5.56 Å². The second-order valence-electron chi connectivity index (χ2n) is 8.29. The van der Waals surface area contributed by atoms with Crippen LogP contribution in [0, 0.1) is 0 Å². The van der Waals surface area contributed by atoms with Gasteiger partial charge in [-0.1, -0.05) is 30.7 Å². The highest BCUT2D eigenvalue weighted by Gasteiger charge is 2.39. The van der Waals surface area contributed by atoms with E-state index in [-0.39, 0.29) is 24.6 Å². The average Bonchev–Trinajstić information content (AvgIpc) is 2.78. The Morgan fingerprint density at radius 3 is 2.58 bits per heavy atom. The highest BCUT2D eigenvalue weighted by atomic mass is 35.5. The Labute approximate surface area is 200 Å². The topological polar surface area (TPSA) is 82.2 Å². The molecule has 2 aliphatic rings. The van der Waals surface area contributed by atoms with Crippen molar-refractivity contribution in [3.63, 3.8) is 0 Å². The standard InChI is InChI=1S/C24H33ClN4O4/c1-5-20(30)29-12-11-27(14-16(29)4)15-19-21(23(31)33-7-3)22(26-24(32)28(19)6-2)17-9-8-10-18(25)13-17/h8-10,13,16,22H,5-7,11-12,14-15H2,1-4H3,(H,26,32). The number of carbonyl (C=O) groups is 3. The van der Waals surface area contributed by atoms with Crippen LogP contribution in [-0.4, -0.2) is 78.0 Å². The number of piperazine rings is 1. The van der Waals surface area contributed by atoms with Gasteiger partial charge in [-0.2, -0.15) is 0 Å². The van der Waals surface area contributed by atoms with E-state index in [9.17, 15) is 14.4 Å². The predicted octanol–water partition coefficient (Wildman–Crippen LogP) is 3.19. The minimum Gasteiger partial charge on any atom is -0.463 e. The van der Waals surface area contributed by atoms with E-state index in [1.165, 1.54) is 0 Å². The molecule has 0 aromatic heterocycles. The lowest BCUT2D eigenvalue weighted by Gasteiger charge is -2.43. The molecule has 1 aromatic rings. The number of halogens is 1. The van der Waals surface area contributed by atoms with Gasteiger partial charge in [-0.25, -0.2) is 9.59 Å². The first-order chi connectivity index (χ1) is 15.8. The van der Waals surface area contributed by atoms with Crippen molar-refractivity contribution in [1.82, 2.24) is 20.0 Å². The van der Waals surface area contributed by atoms with Gasteiger partial charge in [-0.3, -0.25) is 14.6 Å². The molecule has 8 nitrogen and oxygen atoms in total. The smallest absolute Gasteiger partial charge is 0.338 e. The van der Waals surface area contributed by atoms with E-state index in [4.69, 9.17) is 16.3 Å². The normalized spacial score (nSPS) is 21.8. The molecular formula is C24H33ClN4O4. The SMILES string of the molecule is CCOC(=O)C1=C(CN2CCN(C(=O)CC)C(C)C2)N(CC)C(=O)NC1c1cccc(Cl)c1. The van der Waals surface area contributed by atoms with Gasteiger partial charge in [0.1, 0.15) is 0 Å². The Balaban J connectivity index is 2.00. The minimum atomic E-state index is -0.659. The van der Waals surface area contributed by atoms with Crippen molar-refractivity contribution in [3.8, 4) is 0 Å². The molecule has 0 radical (unpaired) electrons. The number of amides is 3. The summed E-state index contributed by atoms with van der Waals surface area (Å²) in [7, 11) is 0. The fourth-order valence-electron chi connectivity index (χ4n) is 4.56. The summed E-state index contributed by atoms with van der Waals surface area (Å²) in [5.74, 6) is -0.314. The summed E-state index contributed by atoms with van der Waals surface area (Å²) in [5.41, 5.74) is 1.77. The monoisotopic (exact) mass is 476 g/mol. The van der Waals surface area contributed by atoms with E-state index in [1.807, 2.05) is 31.7 Å². The lowest BCUT2D eigenvalue weighted by molar-refractivity contribution is -0.139. The number of carbonyl (C=O) groups excluding carboxylic acids is 3. The zero-order chi connectivity index (χ0) is 24.1. The van der Waals surface area contributed by atoms with Gasteiger partial charge >= 0.3 is 12.0 Å². The molecule has 1 saturated heterocycles. The first kappa shape index (κ1) is 25.1. The van der Waals surface area contributed by atoms with Crippen LogP contribution in [0.25, 0.3) is 0 Å². The van der Waals surface area contributed by atoms with E-state index >= 15 is 0 Å². The third-order valence-electron chi connectivity index (χ3n) is 6.14. The molecular weight excluding hydrogens is 444 g/mol. The van der Waals surface area contributed by atoms with Crippen molar-refractivity contribution >= 4 is 29.5 Å². The van der Waals surface area contributed by atoms with E-state index in [1.54, 1.807) is 30.0 Å². The van der Waals surface area contributed by atoms with E-state index in [0.29, 0.717) is 55.4 Å². The molecule has 1 N–H and O–H groups in total. The Bertz CT molecular complexity index is 935. The fraction of sp³-hybridized carbons (Fsp3) is 0.542. The van der Waals surface area contributed by atoms with Crippen molar-refractivity contribution in [1.29, 1.82) is 0 Å². The maximum absolute atomic E-state index is 13.2. The second-order valence-corrected chi connectivity index (χ2v) is 8.72. The third kappa shape index (κ3) is 5.50. The number of rotatable bonds is 7. The van der Waals surface area contributed by atoms with Crippen molar-refractivity contribution in [2.24, 2.45) is 0 Å². The molecule has 180 valence electrons. The first-order valence-electron chi connectivity index (χ1n) is 11.6. The van der Waals surface area contributed by atoms with Gasteiger partial charge in [0, 0.05) is 55.9 Å². The first-order valence-corrected chi connectivity index (χ1v) is 11.9. The van der Waals surface area contributed by atoms with Crippen molar-refractivity contribution < 1.29 is 19.1 Å². The molecule has 0 aliphatic carbocycles. The number of esters is 1. The number of benzene rings is 1. The number of nitrogens with one attached hydrogen (secondary N) is 1. The molecule has 1 fully saturated rings. The molecule has 2 unspecified atom stereocenters. The highest BCUT2D eigenvalue weighted by molar-refractivity contribution is 6.30. The van der Waals surface area contributed by atoms with Gasteiger partial charge in [-0.05, 0) is 38.5 Å². The Hall–Kier alpha value is -2.58. The van der Waals surface area contributed by atoms with Crippen LogP contribution in [0.5, 0.6) is 0 Å². The zero-order valence-corrected chi connectivity index (χ0v) is 20.5. The van der Waals surface area contributed by atoms with Crippen LogP contribution in [0.15, 0.2) is 35.5 Å². The highest BCUT2D eigenvalue weighted by Crippen LogP contribution is 2.33. The summed E-state index contributed by atoms with van der Waals surface area (Å²) in [6, 6.07) is 6.26. The summed E-state index contributed by atoms with van der Waals surface area (Å²) in [6.07, 6.45) is 0.480. The van der Waals surface area contributed by atoms with Gasteiger partial charge in [0.25, 0.3) is 0 Å². The number of hydrogen-bond donors (Lipinski definition) is 1. The number of nitrogens with zero attached hydrogens (tertiary/aromatic N) is 3. The third-order valence-corrected chi connectivity index (χ3v) is 6.37. The van der Waals surface area contributed by atoms with Crippen LogP contribution in [0.4, 0.5) is 4.79 Å².